The third-order valence-corrected chi connectivity index (χ3v) is 3.54. The molecule has 1 aliphatic rings. The molecule has 0 spiro atoms. The van der Waals surface area contributed by atoms with E-state index in [-0.39, 0.29) is 15.2 Å². The van der Waals surface area contributed by atoms with Gasteiger partial charge in [0.2, 0.25) is 0 Å². The molecule has 1 saturated heterocycles. The van der Waals surface area contributed by atoms with E-state index < -0.39 is 17.5 Å². The highest BCUT2D eigenvalue weighted by Gasteiger charge is 2.32. The second-order valence-corrected chi connectivity index (χ2v) is 4.98. The summed E-state index contributed by atoms with van der Waals surface area (Å²) in [4.78, 5) is 13.4. The predicted molar refractivity (Wildman–Crippen MR) is 65.8 cm³/mol. The zero-order chi connectivity index (χ0) is 12.6. The fourth-order valence-corrected chi connectivity index (χ4v) is 2.08. The molecule has 1 fully saturated rings. The molecule has 17 heavy (non-hydrogen) atoms. The van der Waals surface area contributed by atoms with E-state index in [4.69, 9.17) is 4.74 Å². The topological polar surface area (TPSA) is 29.5 Å². The van der Waals surface area contributed by atoms with Gasteiger partial charge >= 0.3 is 0 Å². The van der Waals surface area contributed by atoms with Crippen molar-refractivity contribution in [3.8, 4) is 0 Å². The summed E-state index contributed by atoms with van der Waals surface area (Å²) in [6, 6.07) is 1.97. The molecule has 1 aliphatic heterocycles. The Labute approximate surface area is 111 Å². The molecule has 3 nitrogen and oxygen atoms in total. The van der Waals surface area contributed by atoms with Crippen LogP contribution in [0, 0.1) is 15.2 Å². The van der Waals surface area contributed by atoms with Gasteiger partial charge in [-0.1, -0.05) is 0 Å². The van der Waals surface area contributed by atoms with Crippen molar-refractivity contribution >= 4 is 28.5 Å². The molecule has 92 valence electrons. The summed E-state index contributed by atoms with van der Waals surface area (Å²) in [5.41, 5.74) is -0.0923. The zero-order valence-corrected chi connectivity index (χ0v) is 11.2. The van der Waals surface area contributed by atoms with Gasteiger partial charge in [-0.3, -0.25) is 4.79 Å². The van der Waals surface area contributed by atoms with Gasteiger partial charge in [-0.15, -0.1) is 0 Å². The summed E-state index contributed by atoms with van der Waals surface area (Å²) in [6.07, 6.45) is 0.0153. The molecule has 1 aromatic carbocycles. The Morgan fingerprint density at radius 1 is 1.41 bits per heavy atom. The van der Waals surface area contributed by atoms with Crippen LogP contribution in [0.3, 0.4) is 0 Å². The first-order valence-electron chi connectivity index (χ1n) is 4.99. The molecule has 0 aromatic heterocycles. The molecule has 1 amide bonds. The number of halogens is 3. The highest BCUT2D eigenvalue weighted by molar-refractivity contribution is 14.1. The Hall–Kier alpha value is -0.760. The molecular weight excluding hydrogens is 343 g/mol. The van der Waals surface area contributed by atoms with Crippen molar-refractivity contribution in [2.24, 2.45) is 0 Å². The second-order valence-electron chi connectivity index (χ2n) is 3.81. The van der Waals surface area contributed by atoms with E-state index in [9.17, 15) is 13.6 Å². The van der Waals surface area contributed by atoms with Crippen molar-refractivity contribution in [3.05, 3.63) is 32.9 Å². The van der Waals surface area contributed by atoms with E-state index in [1.54, 1.807) is 29.7 Å². The smallest absolute Gasteiger partial charge is 0.257 e. The second kappa shape index (κ2) is 4.85. The first-order chi connectivity index (χ1) is 8.02. The number of carbonyl (C=O) groups excluding carboxylic acids is 1. The van der Waals surface area contributed by atoms with Gasteiger partial charge < -0.3 is 9.64 Å². The zero-order valence-electron chi connectivity index (χ0n) is 9.04. The lowest BCUT2D eigenvalue weighted by Gasteiger charge is -2.38. The van der Waals surface area contributed by atoms with E-state index in [0.717, 1.165) is 6.07 Å². The van der Waals surface area contributed by atoms with Crippen LogP contribution in [0.25, 0.3) is 0 Å². The predicted octanol–water partition coefficient (Wildman–Crippen LogP) is 2.04. The highest BCUT2D eigenvalue weighted by atomic mass is 127. The summed E-state index contributed by atoms with van der Waals surface area (Å²) in [7, 11) is 1.56. The third kappa shape index (κ3) is 2.42. The summed E-state index contributed by atoms with van der Waals surface area (Å²) in [5.74, 6) is -1.90. The molecule has 0 atom stereocenters. The quantitative estimate of drug-likeness (QED) is 0.602. The molecular formula is C11H10F2INO2. The van der Waals surface area contributed by atoms with Crippen molar-refractivity contribution in [1.82, 2.24) is 4.90 Å². The Kier molecular flexibility index (Phi) is 3.62. The van der Waals surface area contributed by atoms with Crippen LogP contribution in [-0.2, 0) is 4.74 Å². The van der Waals surface area contributed by atoms with E-state index >= 15 is 0 Å². The molecule has 6 heteroatoms. The molecule has 0 N–H and O–H groups in total. The number of carbonyl (C=O) groups is 1. The maximum absolute atomic E-state index is 13.5. The largest absolute Gasteiger partial charge is 0.378 e. The number of methoxy groups -OCH3 is 1. The number of likely N-dealkylation sites (tertiary alicyclic amines) is 1. The van der Waals surface area contributed by atoms with Crippen LogP contribution in [0.1, 0.15) is 10.4 Å². The number of nitrogens with zero attached hydrogens (tertiary/aromatic N) is 1. The number of benzene rings is 1. The first-order valence-corrected chi connectivity index (χ1v) is 6.07. The molecule has 0 unspecified atom stereocenters. The average molecular weight is 353 g/mol. The minimum absolute atomic E-state index is 0.0153. The van der Waals surface area contributed by atoms with Crippen LogP contribution in [0.5, 0.6) is 0 Å². The van der Waals surface area contributed by atoms with Crippen LogP contribution in [0.15, 0.2) is 12.1 Å². The molecule has 2 rings (SSSR count). The van der Waals surface area contributed by atoms with E-state index in [2.05, 4.69) is 0 Å². The maximum Gasteiger partial charge on any atom is 0.257 e. The lowest BCUT2D eigenvalue weighted by Crippen LogP contribution is -2.54. The van der Waals surface area contributed by atoms with Crippen molar-refractivity contribution in [1.29, 1.82) is 0 Å². The summed E-state index contributed by atoms with van der Waals surface area (Å²) < 4.78 is 31.8. The first kappa shape index (κ1) is 12.7. The van der Waals surface area contributed by atoms with Gasteiger partial charge in [-0.25, -0.2) is 8.78 Å². The Balaban J connectivity index is 2.18. The van der Waals surface area contributed by atoms with Crippen LogP contribution in [0.2, 0.25) is 0 Å². The van der Waals surface area contributed by atoms with Crippen LogP contribution >= 0.6 is 22.6 Å². The fourth-order valence-electron chi connectivity index (χ4n) is 1.61. The lowest BCUT2D eigenvalue weighted by molar-refractivity contribution is -0.0194. The number of rotatable bonds is 2. The third-order valence-electron chi connectivity index (χ3n) is 2.71. The van der Waals surface area contributed by atoms with Gasteiger partial charge in [-0.05, 0) is 28.7 Å². The van der Waals surface area contributed by atoms with Crippen molar-refractivity contribution in [3.63, 3.8) is 0 Å². The Morgan fingerprint density at radius 3 is 2.65 bits per heavy atom. The standard InChI is InChI=1S/C11H10F2INO2/c1-17-6-4-15(5-6)11(16)7-2-10(14)9(13)3-8(7)12/h2-3,6H,4-5H2,1H3. The van der Waals surface area contributed by atoms with Gasteiger partial charge in [-0.2, -0.15) is 0 Å². The minimum Gasteiger partial charge on any atom is -0.378 e. The van der Waals surface area contributed by atoms with Crippen LogP contribution < -0.4 is 0 Å². The normalized spacial score (nSPS) is 15.9. The summed E-state index contributed by atoms with van der Waals surface area (Å²) in [5, 5.41) is 0. The van der Waals surface area contributed by atoms with E-state index in [1.165, 1.54) is 11.0 Å². The minimum atomic E-state index is -0.825. The number of hydrogen-bond donors (Lipinski definition) is 0. The van der Waals surface area contributed by atoms with E-state index in [1.807, 2.05) is 0 Å². The SMILES string of the molecule is COC1CN(C(=O)c2cc(I)c(F)cc2F)C1. The molecule has 1 aromatic rings. The number of ether oxygens (including phenoxy) is 1. The van der Waals surface area contributed by atoms with Gasteiger partial charge in [0.15, 0.2) is 0 Å². The van der Waals surface area contributed by atoms with Gasteiger partial charge in [0.25, 0.3) is 5.91 Å². The van der Waals surface area contributed by atoms with Gasteiger partial charge in [0.1, 0.15) is 11.6 Å². The van der Waals surface area contributed by atoms with E-state index in [0.29, 0.717) is 13.1 Å². The van der Waals surface area contributed by atoms with Gasteiger partial charge in [0, 0.05) is 29.8 Å². The lowest BCUT2D eigenvalue weighted by atomic mass is 10.1. The van der Waals surface area contributed by atoms with Crippen LogP contribution in [0.4, 0.5) is 8.78 Å². The monoisotopic (exact) mass is 353 g/mol. The van der Waals surface area contributed by atoms with Crippen molar-refractivity contribution < 1.29 is 18.3 Å². The molecule has 0 saturated carbocycles. The summed E-state index contributed by atoms with van der Waals surface area (Å²) in [6.45, 7) is 0.894. The fraction of sp³-hybridized carbons (Fsp3) is 0.364. The molecule has 1 heterocycles. The Bertz CT molecular complexity index is 461. The molecule has 0 radical (unpaired) electrons. The van der Waals surface area contributed by atoms with Crippen molar-refractivity contribution in [2.75, 3.05) is 20.2 Å². The molecule has 0 bridgehead atoms. The number of hydrogen-bond acceptors (Lipinski definition) is 2. The molecule has 0 aliphatic carbocycles. The number of amides is 1. The summed E-state index contributed by atoms with van der Waals surface area (Å²) >= 11 is 1.73. The average Bonchev–Trinajstić information content (AvgIpc) is 2.21. The maximum atomic E-state index is 13.5. The highest BCUT2D eigenvalue weighted by Crippen LogP contribution is 2.21. The van der Waals surface area contributed by atoms with Crippen molar-refractivity contribution in [2.45, 2.75) is 6.10 Å². The van der Waals surface area contributed by atoms with Crippen LogP contribution in [-0.4, -0.2) is 37.1 Å². The Morgan fingerprint density at radius 2 is 2.06 bits per heavy atom. The van der Waals surface area contributed by atoms with Gasteiger partial charge in [0.05, 0.1) is 11.7 Å².